The van der Waals surface area contributed by atoms with Crippen molar-refractivity contribution in [1.29, 1.82) is 0 Å². The van der Waals surface area contributed by atoms with E-state index in [0.29, 0.717) is 12.3 Å². The van der Waals surface area contributed by atoms with Crippen LogP contribution in [0.25, 0.3) is 17.2 Å². The highest BCUT2D eigenvalue weighted by atomic mass is 35.5. The number of rotatable bonds is 5. The molecule has 2 heterocycles. The van der Waals surface area contributed by atoms with Crippen LogP contribution >= 0.6 is 12.4 Å². The molecule has 1 saturated heterocycles. The maximum atomic E-state index is 12.4. The summed E-state index contributed by atoms with van der Waals surface area (Å²) >= 11 is 0. The average Bonchev–Trinajstić information content (AvgIpc) is 2.99. The number of benzene rings is 1. The Bertz CT molecular complexity index is 976. The van der Waals surface area contributed by atoms with Gasteiger partial charge in [0.2, 0.25) is 0 Å². The first-order valence-corrected chi connectivity index (χ1v) is 11.1. The predicted octanol–water partition coefficient (Wildman–Crippen LogP) is 5.17. The van der Waals surface area contributed by atoms with Crippen molar-refractivity contribution < 1.29 is 19.4 Å². The third-order valence-corrected chi connectivity index (χ3v) is 7.13. The summed E-state index contributed by atoms with van der Waals surface area (Å²) in [4.78, 5) is 17.0. The van der Waals surface area contributed by atoms with E-state index in [1.807, 2.05) is 55.6 Å². The number of hydrogen-bond donors (Lipinski definition) is 1. The molecule has 0 spiro atoms. The van der Waals surface area contributed by atoms with Crippen molar-refractivity contribution in [2.45, 2.75) is 45.3 Å². The first kappa shape index (κ1) is 24.3. The molecule has 1 aromatic carbocycles. The summed E-state index contributed by atoms with van der Waals surface area (Å²) in [6.07, 6.45) is 7.17. The van der Waals surface area contributed by atoms with Gasteiger partial charge in [0.05, 0.1) is 12.8 Å². The van der Waals surface area contributed by atoms with E-state index >= 15 is 0 Å². The molecule has 2 aromatic rings. The molecule has 172 valence electrons. The Morgan fingerprint density at radius 2 is 2.03 bits per heavy atom. The number of hydrogen-bond acceptors (Lipinski definition) is 5. The Morgan fingerprint density at radius 3 is 2.69 bits per heavy atom. The molecular weight excluding hydrogens is 426 g/mol. The summed E-state index contributed by atoms with van der Waals surface area (Å²) in [5.74, 6) is 0.796. The Kier molecular flexibility index (Phi) is 7.31. The maximum absolute atomic E-state index is 12.4. The molecule has 1 aromatic heterocycles. The number of carbonyl (C=O) groups excluding carboxylic acids is 1. The smallest absolute Gasteiger partial charge is 0.338 e. The number of halogens is 1. The predicted molar refractivity (Wildman–Crippen MR) is 128 cm³/mol. The van der Waals surface area contributed by atoms with Crippen LogP contribution < -0.4 is 4.74 Å². The van der Waals surface area contributed by atoms with Crippen LogP contribution in [0.15, 0.2) is 48.7 Å². The Morgan fingerprint density at radius 1 is 1.25 bits per heavy atom. The molecule has 2 fully saturated rings. The van der Waals surface area contributed by atoms with E-state index in [0.717, 1.165) is 29.0 Å². The highest BCUT2D eigenvalue weighted by Crippen LogP contribution is 2.52. The number of nitrogens with zero attached hydrogens (tertiary/aromatic N) is 1. The third kappa shape index (κ3) is 4.28. The molecular formula is C26H32ClNO4. The largest absolute Gasteiger partial charge is 0.497 e. The molecule has 5 nitrogen and oxygen atoms in total. The fourth-order valence-corrected chi connectivity index (χ4v) is 5.63. The zero-order valence-electron chi connectivity index (χ0n) is 19.0. The first-order chi connectivity index (χ1) is 14.9. The number of aliphatic hydroxyl groups is 1. The van der Waals surface area contributed by atoms with Crippen molar-refractivity contribution >= 4 is 24.5 Å². The monoisotopic (exact) mass is 457 g/mol. The minimum Gasteiger partial charge on any atom is -0.497 e. The van der Waals surface area contributed by atoms with Gasteiger partial charge < -0.3 is 14.6 Å². The van der Waals surface area contributed by atoms with Crippen molar-refractivity contribution in [3.8, 4) is 16.9 Å². The van der Waals surface area contributed by atoms with Crippen LogP contribution in [0, 0.1) is 23.7 Å². The molecule has 0 amide bonds. The SMILES string of the molecule is CC[C@H]1[C@H](/C=C/c2ccc(-c3cccc(OC)c3)cn2)[C@@H]2[C@@H](C)OC(=O)[C@]2(O)C[C@@H]1C.Cl. The van der Waals surface area contributed by atoms with Gasteiger partial charge in [-0.2, -0.15) is 0 Å². The maximum Gasteiger partial charge on any atom is 0.338 e. The molecule has 32 heavy (non-hydrogen) atoms. The van der Waals surface area contributed by atoms with Crippen LogP contribution in [-0.2, 0) is 9.53 Å². The quantitative estimate of drug-likeness (QED) is 0.627. The lowest BCUT2D eigenvalue weighted by atomic mass is 9.59. The molecule has 1 aliphatic carbocycles. The number of ether oxygens (including phenoxy) is 2. The molecule has 2 aliphatic rings. The van der Waals surface area contributed by atoms with Crippen LogP contribution in [0.4, 0.5) is 0 Å². The lowest BCUT2D eigenvalue weighted by Crippen LogP contribution is -2.53. The summed E-state index contributed by atoms with van der Waals surface area (Å²) in [6, 6.07) is 11.9. The summed E-state index contributed by atoms with van der Waals surface area (Å²) in [5, 5.41) is 11.2. The second-order valence-electron chi connectivity index (χ2n) is 8.95. The van der Waals surface area contributed by atoms with E-state index in [-0.39, 0.29) is 36.3 Å². The van der Waals surface area contributed by atoms with Crippen LogP contribution in [0.3, 0.4) is 0 Å². The summed E-state index contributed by atoms with van der Waals surface area (Å²) in [6.45, 7) is 6.20. The van der Waals surface area contributed by atoms with Crippen LogP contribution in [0.2, 0.25) is 0 Å². The molecule has 1 aliphatic heterocycles. The van der Waals surface area contributed by atoms with E-state index in [1.54, 1.807) is 7.11 Å². The standard InChI is InChI=1S/C26H31NO4.ClH/c1-5-22-16(2)14-26(29)24(17(3)31-25(26)28)23(22)12-11-20-10-9-19(15-27-20)18-7-6-8-21(13-18)30-4;/h6-13,15-17,22-24,29H,5,14H2,1-4H3;1H/b12-11+;/t16-,17+,22+,23-,24-,26-;/m0./s1. The molecule has 4 rings (SSSR count). The summed E-state index contributed by atoms with van der Waals surface area (Å²) in [5.41, 5.74) is 1.53. The second-order valence-corrected chi connectivity index (χ2v) is 8.95. The fourth-order valence-electron chi connectivity index (χ4n) is 5.63. The lowest BCUT2D eigenvalue weighted by Gasteiger charge is -2.45. The number of fused-ring (bicyclic) bond motifs is 1. The number of carbonyl (C=O) groups is 1. The zero-order valence-corrected chi connectivity index (χ0v) is 19.8. The Hall–Kier alpha value is -2.37. The first-order valence-electron chi connectivity index (χ1n) is 11.1. The van der Waals surface area contributed by atoms with Gasteiger partial charge in [0.25, 0.3) is 0 Å². The van der Waals surface area contributed by atoms with Crippen LogP contribution in [0.5, 0.6) is 5.75 Å². The summed E-state index contributed by atoms with van der Waals surface area (Å²) < 4.78 is 10.8. The van der Waals surface area contributed by atoms with Gasteiger partial charge in [0, 0.05) is 17.7 Å². The van der Waals surface area contributed by atoms with Crippen molar-refractivity contribution in [3.63, 3.8) is 0 Å². The minimum absolute atomic E-state index is 0. The van der Waals surface area contributed by atoms with Gasteiger partial charge in [-0.1, -0.05) is 44.5 Å². The Labute approximate surface area is 196 Å². The van der Waals surface area contributed by atoms with E-state index < -0.39 is 11.6 Å². The molecule has 1 saturated carbocycles. The van der Waals surface area contributed by atoms with Crippen LogP contribution in [-0.4, -0.2) is 34.9 Å². The lowest BCUT2D eigenvalue weighted by molar-refractivity contribution is -0.160. The number of allylic oxidation sites excluding steroid dienone is 1. The fraction of sp³-hybridized carbons (Fsp3) is 0.462. The van der Waals surface area contributed by atoms with Gasteiger partial charge in [0.15, 0.2) is 5.60 Å². The molecule has 0 bridgehead atoms. The van der Waals surface area contributed by atoms with Gasteiger partial charge in [-0.05, 0) is 60.9 Å². The van der Waals surface area contributed by atoms with Crippen molar-refractivity contribution in [1.82, 2.24) is 4.98 Å². The number of pyridine rings is 1. The van der Waals surface area contributed by atoms with E-state index in [9.17, 15) is 9.90 Å². The van der Waals surface area contributed by atoms with Crippen molar-refractivity contribution in [2.75, 3.05) is 7.11 Å². The average molecular weight is 458 g/mol. The zero-order chi connectivity index (χ0) is 22.2. The van der Waals surface area contributed by atoms with E-state index in [1.165, 1.54) is 0 Å². The Balaban J connectivity index is 0.00000289. The normalized spacial score (nSPS) is 31.7. The molecule has 0 radical (unpaired) electrons. The molecule has 6 atom stereocenters. The van der Waals surface area contributed by atoms with Gasteiger partial charge in [-0.3, -0.25) is 4.98 Å². The van der Waals surface area contributed by atoms with Gasteiger partial charge >= 0.3 is 5.97 Å². The van der Waals surface area contributed by atoms with Gasteiger partial charge in [0.1, 0.15) is 11.9 Å². The van der Waals surface area contributed by atoms with E-state index in [2.05, 4.69) is 24.9 Å². The molecule has 0 unspecified atom stereocenters. The van der Waals surface area contributed by atoms with Crippen molar-refractivity contribution in [2.24, 2.45) is 23.7 Å². The highest BCUT2D eigenvalue weighted by molar-refractivity contribution is 5.85. The van der Waals surface area contributed by atoms with Gasteiger partial charge in [-0.15, -0.1) is 12.4 Å². The van der Waals surface area contributed by atoms with Crippen LogP contribution in [0.1, 0.15) is 39.3 Å². The molecule has 6 heteroatoms. The topological polar surface area (TPSA) is 68.7 Å². The second kappa shape index (κ2) is 9.63. The van der Waals surface area contributed by atoms with E-state index in [4.69, 9.17) is 9.47 Å². The molecule has 1 N–H and O–H groups in total. The number of methoxy groups -OCH3 is 1. The number of aromatic nitrogens is 1. The summed E-state index contributed by atoms with van der Waals surface area (Å²) in [7, 11) is 1.66. The van der Waals surface area contributed by atoms with Gasteiger partial charge in [-0.25, -0.2) is 4.79 Å². The highest BCUT2D eigenvalue weighted by Gasteiger charge is 2.62. The minimum atomic E-state index is -1.39. The number of cyclic esters (lactones) is 1. The third-order valence-electron chi connectivity index (χ3n) is 7.13. The number of esters is 1. The van der Waals surface area contributed by atoms with Crippen molar-refractivity contribution in [3.05, 3.63) is 54.4 Å².